The van der Waals surface area contributed by atoms with Gasteiger partial charge in [0.25, 0.3) is 0 Å². The van der Waals surface area contributed by atoms with Gasteiger partial charge >= 0.3 is 5.97 Å². The third-order valence-electron chi connectivity index (χ3n) is 4.43. The first-order chi connectivity index (χ1) is 13.7. The Morgan fingerprint density at radius 2 is 1.79 bits per heavy atom. The molecule has 0 atom stereocenters. The highest BCUT2D eigenvalue weighted by atomic mass is 16.5. The zero-order valence-electron chi connectivity index (χ0n) is 16.3. The van der Waals surface area contributed by atoms with Crippen LogP contribution >= 0.6 is 0 Å². The summed E-state index contributed by atoms with van der Waals surface area (Å²) < 4.78 is 21.1. The fourth-order valence-electron chi connectivity index (χ4n) is 3.02. The smallest absolute Gasteiger partial charge is 0.338 e. The Morgan fingerprint density at radius 3 is 2.46 bits per heavy atom. The number of amidine groups is 1. The molecule has 1 aliphatic rings. The number of benzene rings is 2. The highest BCUT2D eigenvalue weighted by Gasteiger charge is 2.18. The number of carbonyl (C=O) groups is 1. The lowest BCUT2D eigenvalue weighted by Gasteiger charge is -2.14. The average Bonchev–Trinajstić information content (AvgIpc) is 3.15. The standard InChI is InChI=1S/C21H24N2O5/c1-25-17-11-15(12-18(26-2)19(17)27-3)21(24)28-10-6-9-22-20-16-8-5-4-7-14(16)13-23-20/h4-5,7-8,11-12H,6,9-10,13H2,1-3H3,(H,22,23). The van der Waals surface area contributed by atoms with Crippen molar-refractivity contribution in [1.29, 1.82) is 0 Å². The van der Waals surface area contributed by atoms with Crippen molar-refractivity contribution < 1.29 is 23.7 Å². The summed E-state index contributed by atoms with van der Waals surface area (Å²) in [7, 11) is 4.52. The van der Waals surface area contributed by atoms with E-state index in [9.17, 15) is 4.79 Å². The van der Waals surface area contributed by atoms with Crippen LogP contribution in [0.2, 0.25) is 0 Å². The molecule has 0 amide bonds. The molecule has 1 heterocycles. The van der Waals surface area contributed by atoms with Crippen LogP contribution in [0, 0.1) is 0 Å². The SMILES string of the molecule is COc1cc(C(=O)OCCCNC2=NCc3ccccc32)cc(OC)c1OC. The molecule has 2 aromatic carbocycles. The Morgan fingerprint density at radius 1 is 1.07 bits per heavy atom. The van der Waals surface area contributed by atoms with E-state index in [1.54, 1.807) is 12.1 Å². The summed E-state index contributed by atoms with van der Waals surface area (Å²) in [5.41, 5.74) is 2.70. The first-order valence-corrected chi connectivity index (χ1v) is 9.01. The summed E-state index contributed by atoms with van der Waals surface area (Å²) in [6.45, 7) is 1.65. The van der Waals surface area contributed by atoms with Crippen molar-refractivity contribution in [3.8, 4) is 17.2 Å². The summed E-state index contributed by atoms with van der Waals surface area (Å²) in [6, 6.07) is 11.3. The molecule has 0 spiro atoms. The molecule has 0 bridgehead atoms. The molecule has 2 aromatic rings. The maximum Gasteiger partial charge on any atom is 0.338 e. The number of nitrogens with zero attached hydrogens (tertiary/aromatic N) is 1. The number of nitrogens with one attached hydrogen (secondary N) is 1. The molecule has 0 fully saturated rings. The molecule has 0 saturated heterocycles. The van der Waals surface area contributed by atoms with E-state index < -0.39 is 5.97 Å². The maximum absolute atomic E-state index is 12.3. The molecular weight excluding hydrogens is 360 g/mol. The van der Waals surface area contributed by atoms with Gasteiger partial charge in [0.1, 0.15) is 5.84 Å². The Bertz CT molecular complexity index is 854. The lowest BCUT2D eigenvalue weighted by molar-refractivity contribution is 0.0501. The van der Waals surface area contributed by atoms with Gasteiger partial charge in [-0.2, -0.15) is 0 Å². The largest absolute Gasteiger partial charge is 0.493 e. The van der Waals surface area contributed by atoms with E-state index in [0.29, 0.717) is 42.3 Å². The molecule has 7 nitrogen and oxygen atoms in total. The Kier molecular flexibility index (Phi) is 6.37. The number of hydrogen-bond donors (Lipinski definition) is 1. The van der Waals surface area contributed by atoms with Crippen LogP contribution in [0.5, 0.6) is 17.2 Å². The molecule has 0 radical (unpaired) electrons. The topological polar surface area (TPSA) is 78.4 Å². The highest BCUT2D eigenvalue weighted by molar-refractivity contribution is 6.01. The fraction of sp³-hybridized carbons (Fsp3) is 0.333. The second-order valence-electron chi connectivity index (χ2n) is 6.15. The van der Waals surface area contributed by atoms with Crippen LogP contribution in [0.15, 0.2) is 41.4 Å². The summed E-state index contributed by atoms with van der Waals surface area (Å²) >= 11 is 0. The summed E-state index contributed by atoms with van der Waals surface area (Å²) in [6.07, 6.45) is 0.664. The molecule has 0 aromatic heterocycles. The van der Waals surface area contributed by atoms with E-state index in [4.69, 9.17) is 18.9 Å². The minimum Gasteiger partial charge on any atom is -0.493 e. The van der Waals surface area contributed by atoms with Crippen molar-refractivity contribution in [1.82, 2.24) is 5.32 Å². The van der Waals surface area contributed by atoms with Crippen molar-refractivity contribution in [2.75, 3.05) is 34.5 Å². The Balaban J connectivity index is 1.50. The first kappa shape index (κ1) is 19.5. The van der Waals surface area contributed by atoms with E-state index in [-0.39, 0.29) is 6.61 Å². The molecular formula is C21H24N2O5. The third-order valence-corrected chi connectivity index (χ3v) is 4.43. The van der Waals surface area contributed by atoms with E-state index in [2.05, 4.69) is 22.4 Å². The molecule has 148 valence electrons. The monoisotopic (exact) mass is 384 g/mol. The summed E-state index contributed by atoms with van der Waals surface area (Å²) in [5, 5.41) is 3.31. The number of fused-ring (bicyclic) bond motifs is 1. The van der Waals surface area contributed by atoms with Crippen molar-refractivity contribution in [2.45, 2.75) is 13.0 Å². The minimum absolute atomic E-state index is 0.289. The maximum atomic E-state index is 12.3. The van der Waals surface area contributed by atoms with E-state index in [1.807, 2.05) is 12.1 Å². The summed E-state index contributed by atoms with van der Waals surface area (Å²) in [5.74, 6) is 1.71. The molecule has 0 saturated carbocycles. The van der Waals surface area contributed by atoms with Crippen LogP contribution in [-0.4, -0.2) is 46.3 Å². The van der Waals surface area contributed by atoms with Crippen LogP contribution in [0.4, 0.5) is 0 Å². The lowest BCUT2D eigenvalue weighted by atomic mass is 10.1. The zero-order valence-corrected chi connectivity index (χ0v) is 16.3. The van der Waals surface area contributed by atoms with Gasteiger partial charge in [0, 0.05) is 12.1 Å². The van der Waals surface area contributed by atoms with Gasteiger partial charge in [0.15, 0.2) is 11.5 Å². The van der Waals surface area contributed by atoms with Crippen LogP contribution in [0.25, 0.3) is 0 Å². The van der Waals surface area contributed by atoms with Crippen LogP contribution in [0.3, 0.4) is 0 Å². The van der Waals surface area contributed by atoms with Crippen LogP contribution in [-0.2, 0) is 11.3 Å². The van der Waals surface area contributed by atoms with Gasteiger partial charge in [-0.15, -0.1) is 0 Å². The van der Waals surface area contributed by atoms with Gasteiger partial charge in [-0.25, -0.2) is 4.79 Å². The number of carbonyl (C=O) groups excluding carboxylic acids is 1. The van der Waals surface area contributed by atoms with Gasteiger partial charge in [-0.3, -0.25) is 4.99 Å². The molecule has 1 aliphatic heterocycles. The van der Waals surface area contributed by atoms with Crippen molar-refractivity contribution in [2.24, 2.45) is 4.99 Å². The van der Waals surface area contributed by atoms with Gasteiger partial charge < -0.3 is 24.3 Å². The lowest BCUT2D eigenvalue weighted by Crippen LogP contribution is -2.25. The number of esters is 1. The van der Waals surface area contributed by atoms with E-state index >= 15 is 0 Å². The van der Waals surface area contributed by atoms with Gasteiger partial charge in [0.2, 0.25) is 5.75 Å². The van der Waals surface area contributed by atoms with Gasteiger partial charge in [0.05, 0.1) is 40.0 Å². The second-order valence-corrected chi connectivity index (χ2v) is 6.15. The molecule has 7 heteroatoms. The average molecular weight is 384 g/mol. The quantitative estimate of drug-likeness (QED) is 0.557. The molecule has 28 heavy (non-hydrogen) atoms. The Labute approximate surface area is 164 Å². The Hall–Kier alpha value is -3.22. The predicted octanol–water partition coefficient (Wildman–Crippen LogP) is 2.81. The molecule has 3 rings (SSSR count). The van der Waals surface area contributed by atoms with Gasteiger partial charge in [-0.1, -0.05) is 24.3 Å². The van der Waals surface area contributed by atoms with Gasteiger partial charge in [-0.05, 0) is 24.1 Å². The molecule has 0 unspecified atom stereocenters. The molecule has 1 N–H and O–H groups in total. The number of ether oxygens (including phenoxy) is 4. The highest BCUT2D eigenvalue weighted by Crippen LogP contribution is 2.38. The van der Waals surface area contributed by atoms with Crippen molar-refractivity contribution in [3.63, 3.8) is 0 Å². The third kappa shape index (κ3) is 4.19. The second kappa shape index (κ2) is 9.12. The fourth-order valence-corrected chi connectivity index (χ4v) is 3.02. The first-order valence-electron chi connectivity index (χ1n) is 9.01. The zero-order chi connectivity index (χ0) is 19.9. The van der Waals surface area contributed by atoms with Crippen LogP contribution in [0.1, 0.15) is 27.9 Å². The molecule has 0 aliphatic carbocycles. The number of aliphatic imine (C=N–C) groups is 1. The summed E-state index contributed by atoms with van der Waals surface area (Å²) in [4.78, 5) is 16.8. The minimum atomic E-state index is -0.442. The number of hydrogen-bond acceptors (Lipinski definition) is 7. The number of methoxy groups -OCH3 is 3. The van der Waals surface area contributed by atoms with E-state index in [1.165, 1.54) is 26.9 Å². The predicted molar refractivity (Wildman–Crippen MR) is 106 cm³/mol. The normalized spacial score (nSPS) is 12.0. The van der Waals surface area contributed by atoms with Crippen LogP contribution < -0.4 is 19.5 Å². The number of rotatable bonds is 8. The van der Waals surface area contributed by atoms with Crippen molar-refractivity contribution >= 4 is 11.8 Å². The van der Waals surface area contributed by atoms with Crippen molar-refractivity contribution in [3.05, 3.63) is 53.1 Å². The van der Waals surface area contributed by atoms with E-state index in [0.717, 1.165) is 11.4 Å².